The number of benzene rings is 2. The topological polar surface area (TPSA) is 75.7 Å². The zero-order chi connectivity index (χ0) is 19.3. The number of ether oxygens (including phenoxy) is 1. The first-order valence-electron chi connectivity index (χ1n) is 7.85. The monoisotopic (exact) mass is 374 g/mol. The van der Waals surface area contributed by atoms with E-state index in [-0.39, 0.29) is 34.6 Å². The van der Waals surface area contributed by atoms with Crippen molar-refractivity contribution in [2.75, 3.05) is 23.9 Å². The lowest BCUT2D eigenvalue weighted by Gasteiger charge is -2.22. The van der Waals surface area contributed by atoms with Crippen LogP contribution in [0.1, 0.15) is 22.8 Å². The van der Waals surface area contributed by atoms with E-state index < -0.39 is 5.97 Å². The lowest BCUT2D eigenvalue weighted by molar-refractivity contribution is -0.120. The standard InChI is InChI=1S/C19H19ClN2O4/c1-12-6-4-5-7-16(12)21-18(24)11-22(13(2)23)17-10-14(19(25)26-3)8-9-15(17)20/h4-10H,11H2,1-3H3,(H,21,24). The molecule has 136 valence electrons. The van der Waals surface area contributed by atoms with Crippen LogP contribution in [0.3, 0.4) is 0 Å². The largest absolute Gasteiger partial charge is 0.465 e. The van der Waals surface area contributed by atoms with Crippen molar-refractivity contribution in [1.29, 1.82) is 0 Å². The Balaban J connectivity index is 2.26. The molecule has 2 aromatic carbocycles. The van der Waals surface area contributed by atoms with E-state index in [0.717, 1.165) is 5.56 Å². The minimum Gasteiger partial charge on any atom is -0.465 e. The van der Waals surface area contributed by atoms with Crippen molar-refractivity contribution < 1.29 is 19.1 Å². The van der Waals surface area contributed by atoms with Crippen LogP contribution in [-0.4, -0.2) is 31.4 Å². The summed E-state index contributed by atoms with van der Waals surface area (Å²) < 4.78 is 4.68. The second kappa shape index (κ2) is 8.49. The summed E-state index contributed by atoms with van der Waals surface area (Å²) in [6, 6.07) is 11.7. The summed E-state index contributed by atoms with van der Waals surface area (Å²) >= 11 is 6.17. The number of aryl methyl sites for hydroxylation is 1. The first-order valence-corrected chi connectivity index (χ1v) is 8.22. The fourth-order valence-electron chi connectivity index (χ4n) is 2.38. The van der Waals surface area contributed by atoms with Crippen LogP contribution in [0, 0.1) is 6.92 Å². The molecule has 0 bridgehead atoms. The smallest absolute Gasteiger partial charge is 0.337 e. The second-order valence-corrected chi connectivity index (χ2v) is 6.03. The van der Waals surface area contributed by atoms with Crippen molar-refractivity contribution in [3.05, 3.63) is 58.6 Å². The van der Waals surface area contributed by atoms with E-state index in [1.165, 1.54) is 37.1 Å². The molecule has 0 saturated carbocycles. The number of rotatable bonds is 5. The molecule has 2 aromatic rings. The second-order valence-electron chi connectivity index (χ2n) is 5.63. The van der Waals surface area contributed by atoms with Gasteiger partial charge in [0.05, 0.1) is 23.4 Å². The van der Waals surface area contributed by atoms with Gasteiger partial charge in [-0.05, 0) is 36.8 Å². The highest BCUT2D eigenvalue weighted by Gasteiger charge is 2.20. The molecule has 1 N–H and O–H groups in total. The highest BCUT2D eigenvalue weighted by Crippen LogP contribution is 2.28. The van der Waals surface area contributed by atoms with E-state index in [0.29, 0.717) is 5.69 Å². The minimum absolute atomic E-state index is 0.234. The van der Waals surface area contributed by atoms with E-state index in [1.807, 2.05) is 25.1 Å². The minimum atomic E-state index is -0.559. The van der Waals surface area contributed by atoms with Gasteiger partial charge in [-0.15, -0.1) is 0 Å². The number of methoxy groups -OCH3 is 1. The molecule has 0 saturated heterocycles. The van der Waals surface area contributed by atoms with Crippen molar-refractivity contribution >= 4 is 40.8 Å². The highest BCUT2D eigenvalue weighted by atomic mass is 35.5. The third kappa shape index (κ3) is 4.61. The fourth-order valence-corrected chi connectivity index (χ4v) is 2.60. The summed E-state index contributed by atoms with van der Waals surface area (Å²) in [4.78, 5) is 37.4. The average molecular weight is 375 g/mol. The molecule has 0 aliphatic rings. The van der Waals surface area contributed by atoms with Crippen LogP contribution in [0.15, 0.2) is 42.5 Å². The van der Waals surface area contributed by atoms with Gasteiger partial charge < -0.3 is 15.0 Å². The molecule has 0 radical (unpaired) electrons. The van der Waals surface area contributed by atoms with Gasteiger partial charge in [0.1, 0.15) is 6.54 Å². The van der Waals surface area contributed by atoms with Crippen LogP contribution >= 0.6 is 11.6 Å². The Morgan fingerprint density at radius 2 is 1.85 bits per heavy atom. The molecule has 0 fully saturated rings. The van der Waals surface area contributed by atoms with Gasteiger partial charge in [0, 0.05) is 12.6 Å². The normalized spacial score (nSPS) is 10.2. The Labute approximate surface area is 156 Å². The summed E-state index contributed by atoms with van der Waals surface area (Å²) in [5, 5.41) is 3.01. The van der Waals surface area contributed by atoms with Gasteiger partial charge in [0.25, 0.3) is 0 Å². The third-order valence-corrected chi connectivity index (χ3v) is 4.08. The van der Waals surface area contributed by atoms with Gasteiger partial charge in [-0.1, -0.05) is 29.8 Å². The van der Waals surface area contributed by atoms with Crippen LogP contribution in [0.5, 0.6) is 0 Å². The van der Waals surface area contributed by atoms with Crippen molar-refractivity contribution in [1.82, 2.24) is 0 Å². The molecule has 0 heterocycles. The summed E-state index contributed by atoms with van der Waals surface area (Å²) in [6.45, 7) is 2.95. The average Bonchev–Trinajstić information content (AvgIpc) is 2.61. The van der Waals surface area contributed by atoms with Crippen LogP contribution in [-0.2, 0) is 14.3 Å². The number of anilines is 2. The van der Waals surface area contributed by atoms with Gasteiger partial charge in [-0.25, -0.2) is 4.79 Å². The Hall–Kier alpha value is -2.86. The number of hydrogen-bond donors (Lipinski definition) is 1. The first kappa shape index (κ1) is 19.5. The van der Waals surface area contributed by atoms with Gasteiger partial charge >= 0.3 is 5.97 Å². The van der Waals surface area contributed by atoms with E-state index >= 15 is 0 Å². The molecule has 0 spiro atoms. The number of amides is 2. The SMILES string of the molecule is COC(=O)c1ccc(Cl)c(N(CC(=O)Nc2ccccc2C)C(C)=O)c1. The molecule has 0 aliphatic heterocycles. The van der Waals surface area contributed by atoms with Gasteiger partial charge in [0.2, 0.25) is 11.8 Å². The Morgan fingerprint density at radius 1 is 1.15 bits per heavy atom. The molecule has 6 nitrogen and oxygen atoms in total. The number of hydrogen-bond acceptors (Lipinski definition) is 4. The van der Waals surface area contributed by atoms with Crippen molar-refractivity contribution in [2.24, 2.45) is 0 Å². The predicted octanol–water partition coefficient (Wildman–Crippen LogP) is 3.43. The number of carbonyl (C=O) groups excluding carboxylic acids is 3. The summed E-state index contributed by atoms with van der Waals surface area (Å²) in [5.74, 6) is -1.32. The highest BCUT2D eigenvalue weighted by molar-refractivity contribution is 6.34. The molecule has 7 heteroatoms. The Morgan fingerprint density at radius 3 is 2.46 bits per heavy atom. The zero-order valence-corrected chi connectivity index (χ0v) is 15.5. The van der Waals surface area contributed by atoms with E-state index in [2.05, 4.69) is 10.1 Å². The number of nitrogens with one attached hydrogen (secondary N) is 1. The van der Waals surface area contributed by atoms with Gasteiger partial charge in [0.15, 0.2) is 0 Å². The molecule has 26 heavy (non-hydrogen) atoms. The lowest BCUT2D eigenvalue weighted by atomic mass is 10.1. The maximum Gasteiger partial charge on any atom is 0.337 e. The molecule has 2 amide bonds. The molecule has 2 rings (SSSR count). The Bertz CT molecular complexity index is 851. The van der Waals surface area contributed by atoms with Crippen LogP contribution in [0.2, 0.25) is 5.02 Å². The predicted molar refractivity (Wildman–Crippen MR) is 101 cm³/mol. The number of nitrogens with zero attached hydrogens (tertiary/aromatic N) is 1. The van der Waals surface area contributed by atoms with Crippen molar-refractivity contribution in [3.63, 3.8) is 0 Å². The number of esters is 1. The van der Waals surface area contributed by atoms with Crippen LogP contribution in [0.25, 0.3) is 0 Å². The third-order valence-electron chi connectivity index (χ3n) is 3.76. The maximum atomic E-state index is 12.4. The molecule has 0 aromatic heterocycles. The number of halogens is 1. The summed E-state index contributed by atoms with van der Waals surface area (Å²) in [6.07, 6.45) is 0. The molecular weight excluding hydrogens is 356 g/mol. The van der Waals surface area contributed by atoms with E-state index in [1.54, 1.807) is 6.07 Å². The van der Waals surface area contributed by atoms with Crippen LogP contribution in [0.4, 0.5) is 11.4 Å². The van der Waals surface area contributed by atoms with Gasteiger partial charge in [-0.3, -0.25) is 9.59 Å². The van der Waals surface area contributed by atoms with E-state index in [9.17, 15) is 14.4 Å². The van der Waals surface area contributed by atoms with Crippen molar-refractivity contribution in [3.8, 4) is 0 Å². The quantitative estimate of drug-likeness (QED) is 0.813. The molecule has 0 unspecified atom stereocenters. The molecular formula is C19H19ClN2O4. The lowest BCUT2D eigenvalue weighted by Crippen LogP contribution is -2.37. The summed E-state index contributed by atoms with van der Waals surface area (Å²) in [5.41, 5.74) is 2.07. The van der Waals surface area contributed by atoms with Crippen LogP contribution < -0.4 is 10.2 Å². The zero-order valence-electron chi connectivity index (χ0n) is 14.7. The van der Waals surface area contributed by atoms with Gasteiger partial charge in [-0.2, -0.15) is 0 Å². The maximum absolute atomic E-state index is 12.4. The molecule has 0 aliphatic carbocycles. The van der Waals surface area contributed by atoms with Crippen molar-refractivity contribution in [2.45, 2.75) is 13.8 Å². The number of carbonyl (C=O) groups is 3. The Kier molecular flexibility index (Phi) is 6.36. The molecule has 0 atom stereocenters. The first-order chi connectivity index (χ1) is 12.3. The fraction of sp³-hybridized carbons (Fsp3) is 0.211. The number of para-hydroxylation sites is 1. The van der Waals surface area contributed by atoms with E-state index in [4.69, 9.17) is 11.6 Å². The summed E-state index contributed by atoms with van der Waals surface area (Å²) in [7, 11) is 1.26.